The zero-order valence-electron chi connectivity index (χ0n) is 12.8. The summed E-state index contributed by atoms with van der Waals surface area (Å²) < 4.78 is 10.6. The molecule has 0 saturated carbocycles. The molecule has 0 aromatic carbocycles. The Balaban J connectivity index is 2.80. The molecular weight excluding hydrogens is 274 g/mol. The molecular formula is C15H21NO5. The van der Waals surface area contributed by atoms with Crippen LogP contribution in [0.5, 0.6) is 0 Å². The van der Waals surface area contributed by atoms with Gasteiger partial charge in [0.2, 0.25) is 0 Å². The van der Waals surface area contributed by atoms with Crippen molar-refractivity contribution in [2.75, 3.05) is 7.11 Å². The van der Waals surface area contributed by atoms with Gasteiger partial charge in [-0.1, -0.05) is 6.07 Å². The van der Waals surface area contributed by atoms with Gasteiger partial charge in [0.25, 0.3) is 0 Å². The Hall–Kier alpha value is -2.11. The number of hydrogen-bond donors (Lipinski definition) is 0. The maximum atomic E-state index is 11.8. The van der Waals surface area contributed by atoms with Crippen molar-refractivity contribution in [1.29, 1.82) is 0 Å². The minimum Gasteiger partial charge on any atom is -0.619 e. The van der Waals surface area contributed by atoms with Gasteiger partial charge < -0.3 is 14.7 Å². The van der Waals surface area contributed by atoms with Crippen LogP contribution in [0.2, 0.25) is 0 Å². The topological polar surface area (TPSA) is 79.5 Å². The number of methoxy groups -OCH3 is 1. The van der Waals surface area contributed by atoms with Gasteiger partial charge in [0, 0.05) is 18.6 Å². The molecule has 6 nitrogen and oxygen atoms in total. The lowest BCUT2D eigenvalue weighted by molar-refractivity contribution is -0.614. The van der Waals surface area contributed by atoms with Crippen LogP contribution >= 0.6 is 0 Å². The van der Waals surface area contributed by atoms with Gasteiger partial charge in [-0.15, -0.1) is 0 Å². The fraction of sp³-hybridized carbons (Fsp3) is 0.533. The predicted molar refractivity (Wildman–Crippen MR) is 75.1 cm³/mol. The zero-order valence-corrected chi connectivity index (χ0v) is 12.8. The minimum absolute atomic E-state index is 0.121. The molecule has 1 aromatic rings. The van der Waals surface area contributed by atoms with Crippen LogP contribution in [0.25, 0.3) is 0 Å². The second-order valence-corrected chi connectivity index (χ2v) is 5.73. The molecule has 21 heavy (non-hydrogen) atoms. The Morgan fingerprint density at radius 1 is 1.33 bits per heavy atom. The maximum absolute atomic E-state index is 11.8. The Morgan fingerprint density at radius 3 is 2.52 bits per heavy atom. The van der Waals surface area contributed by atoms with Crippen LogP contribution in [-0.4, -0.2) is 24.6 Å². The second kappa shape index (κ2) is 7.06. The molecule has 0 spiro atoms. The van der Waals surface area contributed by atoms with Crippen LogP contribution in [0.4, 0.5) is 0 Å². The molecule has 116 valence electrons. The fourth-order valence-electron chi connectivity index (χ4n) is 1.86. The molecule has 1 atom stereocenters. The van der Waals surface area contributed by atoms with Crippen molar-refractivity contribution in [2.24, 2.45) is 5.92 Å². The highest BCUT2D eigenvalue weighted by atomic mass is 16.6. The average Bonchev–Trinajstić information content (AvgIpc) is 2.37. The normalized spacial score (nSPS) is 12.6. The largest absolute Gasteiger partial charge is 0.619 e. The highest BCUT2D eigenvalue weighted by molar-refractivity contribution is 5.80. The van der Waals surface area contributed by atoms with Gasteiger partial charge in [0.15, 0.2) is 11.9 Å². The van der Waals surface area contributed by atoms with E-state index < -0.39 is 23.5 Å². The van der Waals surface area contributed by atoms with Crippen LogP contribution < -0.4 is 4.73 Å². The van der Waals surface area contributed by atoms with E-state index in [0.29, 0.717) is 10.4 Å². The Kier molecular flexibility index (Phi) is 5.69. The number of carbonyl (C=O) groups excluding carboxylic acids is 2. The van der Waals surface area contributed by atoms with Crippen molar-refractivity contribution in [3.05, 3.63) is 35.3 Å². The summed E-state index contributed by atoms with van der Waals surface area (Å²) in [6.45, 7) is 5.25. The molecule has 0 aliphatic carbocycles. The number of hydrogen-bond acceptors (Lipinski definition) is 5. The van der Waals surface area contributed by atoms with E-state index in [0.717, 1.165) is 0 Å². The molecule has 0 radical (unpaired) electrons. The lowest BCUT2D eigenvalue weighted by Gasteiger charge is -2.21. The minimum atomic E-state index is -0.743. The smallest absolute Gasteiger partial charge is 0.309 e. The summed E-state index contributed by atoms with van der Waals surface area (Å²) in [4.78, 5) is 23.6. The first-order valence-electron chi connectivity index (χ1n) is 6.69. The van der Waals surface area contributed by atoms with E-state index in [4.69, 9.17) is 9.47 Å². The van der Waals surface area contributed by atoms with Gasteiger partial charge in [0.05, 0.1) is 19.4 Å². The molecule has 1 heterocycles. The Morgan fingerprint density at radius 2 is 2.00 bits per heavy atom. The van der Waals surface area contributed by atoms with Gasteiger partial charge in [0.1, 0.15) is 5.60 Å². The zero-order chi connectivity index (χ0) is 16.0. The number of carbonyl (C=O) groups is 2. The summed E-state index contributed by atoms with van der Waals surface area (Å²) in [5.41, 5.74) is -0.223. The summed E-state index contributed by atoms with van der Waals surface area (Å²) in [7, 11) is 1.25. The van der Waals surface area contributed by atoms with Crippen molar-refractivity contribution in [3.8, 4) is 0 Å². The van der Waals surface area contributed by atoms with Crippen LogP contribution in [0.3, 0.4) is 0 Å². The third-order valence-electron chi connectivity index (χ3n) is 2.73. The Bertz CT molecular complexity index is 507. The summed E-state index contributed by atoms with van der Waals surface area (Å²) in [5.74, 6) is -1.77. The van der Waals surface area contributed by atoms with Crippen molar-refractivity contribution < 1.29 is 23.8 Å². The van der Waals surface area contributed by atoms with E-state index in [9.17, 15) is 14.8 Å². The molecule has 0 aliphatic heterocycles. The summed E-state index contributed by atoms with van der Waals surface area (Å²) in [5, 5.41) is 11.6. The van der Waals surface area contributed by atoms with Crippen molar-refractivity contribution >= 4 is 11.9 Å². The molecule has 0 saturated heterocycles. The van der Waals surface area contributed by atoms with Gasteiger partial charge in [-0.05, 0) is 20.8 Å². The fourth-order valence-corrected chi connectivity index (χ4v) is 1.86. The molecule has 0 aliphatic rings. The molecule has 0 amide bonds. The summed E-state index contributed by atoms with van der Waals surface area (Å²) in [6.07, 6.45) is 1.34. The molecule has 1 aromatic heterocycles. The monoisotopic (exact) mass is 295 g/mol. The van der Waals surface area contributed by atoms with E-state index in [2.05, 4.69) is 0 Å². The van der Waals surface area contributed by atoms with E-state index in [-0.39, 0.29) is 12.8 Å². The van der Waals surface area contributed by atoms with E-state index in [1.807, 2.05) is 0 Å². The second-order valence-electron chi connectivity index (χ2n) is 5.73. The van der Waals surface area contributed by atoms with E-state index >= 15 is 0 Å². The van der Waals surface area contributed by atoms with Crippen molar-refractivity contribution in [1.82, 2.24) is 0 Å². The van der Waals surface area contributed by atoms with Crippen molar-refractivity contribution in [2.45, 2.75) is 39.2 Å². The SMILES string of the molecule is COC(=O)[C@@H](CC(=O)OC(C)(C)C)Cc1cccc[n+]1[O-]. The molecule has 0 fully saturated rings. The molecule has 0 unspecified atom stereocenters. The number of esters is 2. The average molecular weight is 295 g/mol. The van der Waals surface area contributed by atoms with Crippen LogP contribution in [-0.2, 0) is 25.5 Å². The van der Waals surface area contributed by atoms with Crippen LogP contribution in [0, 0.1) is 11.1 Å². The van der Waals surface area contributed by atoms with Gasteiger partial charge >= 0.3 is 11.9 Å². The lowest BCUT2D eigenvalue weighted by atomic mass is 9.99. The molecule has 0 bridgehead atoms. The highest BCUT2D eigenvalue weighted by Gasteiger charge is 2.28. The third-order valence-corrected chi connectivity index (χ3v) is 2.73. The highest BCUT2D eigenvalue weighted by Crippen LogP contribution is 2.16. The summed E-state index contributed by atoms with van der Waals surface area (Å²) >= 11 is 0. The predicted octanol–water partition coefficient (Wildman–Crippen LogP) is 1.38. The van der Waals surface area contributed by atoms with Gasteiger partial charge in [-0.2, -0.15) is 4.73 Å². The van der Waals surface area contributed by atoms with E-state index in [1.165, 1.54) is 13.3 Å². The van der Waals surface area contributed by atoms with Gasteiger partial charge in [-0.3, -0.25) is 9.59 Å². The molecule has 1 rings (SSSR count). The lowest BCUT2D eigenvalue weighted by Crippen LogP contribution is -2.35. The van der Waals surface area contributed by atoms with Crippen molar-refractivity contribution in [3.63, 3.8) is 0 Å². The first-order chi connectivity index (χ1) is 9.73. The number of pyridine rings is 1. The number of aromatic nitrogens is 1. The summed E-state index contributed by atoms with van der Waals surface area (Å²) in [6, 6.07) is 4.90. The molecule has 6 heteroatoms. The van der Waals surface area contributed by atoms with Gasteiger partial charge in [-0.25, -0.2) is 0 Å². The first-order valence-corrected chi connectivity index (χ1v) is 6.69. The first kappa shape index (κ1) is 16.9. The molecule has 0 N–H and O–H groups in total. The van der Waals surface area contributed by atoms with E-state index in [1.54, 1.807) is 39.0 Å². The maximum Gasteiger partial charge on any atom is 0.309 e. The van der Waals surface area contributed by atoms with Crippen LogP contribution in [0.15, 0.2) is 24.4 Å². The van der Waals surface area contributed by atoms with Crippen LogP contribution in [0.1, 0.15) is 32.9 Å². The standard InChI is InChI=1S/C15H21NO5/c1-15(2,3)21-13(17)10-11(14(18)20-4)9-12-7-5-6-8-16(12)19/h5-8,11H,9-10H2,1-4H3/t11-/m1/s1. The third kappa shape index (κ3) is 5.81. The number of rotatable bonds is 5. The quantitative estimate of drug-likeness (QED) is 0.466. The number of nitrogens with zero attached hydrogens (tertiary/aromatic N) is 1. The Labute approximate surface area is 124 Å². The number of ether oxygens (including phenoxy) is 2.